The fourth-order valence-corrected chi connectivity index (χ4v) is 1.42. The Morgan fingerprint density at radius 1 is 0.857 bits per heavy atom. The first kappa shape index (κ1) is 9.64. The lowest BCUT2D eigenvalue weighted by Crippen LogP contribution is -1.98. The van der Waals surface area contributed by atoms with Crippen LogP contribution >= 0.6 is 34.8 Å². The summed E-state index contributed by atoms with van der Waals surface area (Å²) in [5, 5.41) is 0.136. The van der Waals surface area contributed by atoms with Crippen LogP contribution in [0.15, 0.2) is 0 Å². The maximum absolute atomic E-state index is 5.75. The summed E-state index contributed by atoms with van der Waals surface area (Å²) in [4.78, 5) is 15.2. The number of nitrogen functional groups attached to an aromatic ring is 1. The van der Waals surface area contributed by atoms with Gasteiger partial charge in [0.15, 0.2) is 21.8 Å². The van der Waals surface area contributed by atoms with E-state index >= 15 is 0 Å². The van der Waals surface area contributed by atoms with E-state index in [0.717, 1.165) is 0 Å². The molecule has 0 unspecified atom stereocenters. The number of rotatable bonds is 0. The monoisotopic (exact) mass is 249 g/mol. The van der Waals surface area contributed by atoms with Crippen molar-refractivity contribution < 1.29 is 0 Å². The van der Waals surface area contributed by atoms with Crippen LogP contribution in [0.4, 0.5) is 5.82 Å². The summed E-state index contributed by atoms with van der Waals surface area (Å²) in [7, 11) is 0. The van der Waals surface area contributed by atoms with Gasteiger partial charge >= 0.3 is 0 Å². The Bertz CT molecular complexity index is 514. The number of fused-ring (bicyclic) bond motifs is 1. The van der Waals surface area contributed by atoms with Gasteiger partial charge in [-0.15, -0.1) is 0 Å². The molecule has 2 N–H and O–H groups in total. The largest absolute Gasteiger partial charge is 0.381 e. The zero-order valence-electron chi connectivity index (χ0n) is 6.50. The van der Waals surface area contributed by atoms with Crippen LogP contribution in [-0.4, -0.2) is 19.9 Å². The molecule has 0 radical (unpaired) electrons. The highest BCUT2D eigenvalue weighted by atomic mass is 35.5. The summed E-state index contributed by atoms with van der Waals surface area (Å²) >= 11 is 17.0. The van der Waals surface area contributed by atoms with Gasteiger partial charge in [-0.05, 0) is 11.6 Å². The third kappa shape index (κ3) is 1.54. The number of hydrogen-bond donors (Lipinski definition) is 1. The summed E-state index contributed by atoms with van der Waals surface area (Å²) in [6, 6.07) is 0. The fraction of sp³-hybridized carbons (Fsp3) is 0. The second-order valence-corrected chi connectivity index (χ2v) is 3.41. The van der Waals surface area contributed by atoms with Crippen LogP contribution in [0.2, 0.25) is 15.6 Å². The number of nitrogens with zero attached hydrogens (tertiary/aromatic N) is 4. The Morgan fingerprint density at radius 3 is 2.29 bits per heavy atom. The number of nitrogens with two attached hydrogens (primary N) is 1. The van der Waals surface area contributed by atoms with Crippen LogP contribution in [-0.2, 0) is 0 Å². The standard InChI is InChI=1S/C6H2Cl3N5/c7-2-1-5(14-6(9)13-2)12-3(8)4(10)11-1/h(H2,10,11). The zero-order valence-corrected chi connectivity index (χ0v) is 8.77. The molecular formula is C6H2Cl3N5. The molecule has 0 fully saturated rings. The number of aromatic nitrogens is 4. The molecule has 0 aromatic carbocycles. The maximum atomic E-state index is 5.75. The van der Waals surface area contributed by atoms with E-state index in [2.05, 4.69) is 19.9 Å². The van der Waals surface area contributed by atoms with Crippen LogP contribution in [0, 0.1) is 0 Å². The smallest absolute Gasteiger partial charge is 0.225 e. The second-order valence-electron chi connectivity index (χ2n) is 2.36. The molecule has 8 heteroatoms. The van der Waals surface area contributed by atoms with Gasteiger partial charge in [0.1, 0.15) is 5.52 Å². The van der Waals surface area contributed by atoms with Gasteiger partial charge in [0, 0.05) is 0 Å². The summed E-state index contributed by atoms with van der Waals surface area (Å²) in [6.07, 6.45) is 0. The number of anilines is 1. The van der Waals surface area contributed by atoms with Crippen molar-refractivity contribution in [2.45, 2.75) is 0 Å². The van der Waals surface area contributed by atoms with Gasteiger partial charge < -0.3 is 5.73 Å². The van der Waals surface area contributed by atoms with Gasteiger partial charge in [-0.25, -0.2) is 15.0 Å². The first-order valence-corrected chi connectivity index (χ1v) is 4.53. The van der Waals surface area contributed by atoms with Gasteiger partial charge in [0.2, 0.25) is 5.28 Å². The first-order chi connectivity index (χ1) is 6.58. The summed E-state index contributed by atoms with van der Waals surface area (Å²) in [5.74, 6) is 0.0759. The molecule has 2 rings (SSSR count). The van der Waals surface area contributed by atoms with Crippen molar-refractivity contribution in [2.75, 3.05) is 5.73 Å². The lowest BCUT2D eigenvalue weighted by molar-refractivity contribution is 1.15. The molecule has 0 saturated carbocycles. The zero-order chi connectivity index (χ0) is 10.3. The van der Waals surface area contributed by atoms with E-state index < -0.39 is 0 Å². The van der Waals surface area contributed by atoms with E-state index in [1.165, 1.54) is 0 Å². The van der Waals surface area contributed by atoms with Gasteiger partial charge in [0.05, 0.1) is 0 Å². The molecule has 5 nitrogen and oxygen atoms in total. The maximum Gasteiger partial charge on any atom is 0.225 e. The van der Waals surface area contributed by atoms with Crippen molar-refractivity contribution in [1.29, 1.82) is 0 Å². The van der Waals surface area contributed by atoms with Crippen LogP contribution in [0.3, 0.4) is 0 Å². The molecule has 14 heavy (non-hydrogen) atoms. The van der Waals surface area contributed by atoms with Crippen molar-refractivity contribution in [3.63, 3.8) is 0 Å². The van der Waals surface area contributed by atoms with Crippen LogP contribution in [0.1, 0.15) is 0 Å². The van der Waals surface area contributed by atoms with Crippen LogP contribution < -0.4 is 5.73 Å². The lowest BCUT2D eigenvalue weighted by Gasteiger charge is -2.00. The van der Waals surface area contributed by atoms with Crippen molar-refractivity contribution in [2.24, 2.45) is 0 Å². The molecule has 0 atom stereocenters. The molecule has 0 bridgehead atoms. The molecule has 0 aliphatic carbocycles. The van der Waals surface area contributed by atoms with Crippen molar-refractivity contribution in [3.05, 3.63) is 15.6 Å². The Balaban J connectivity index is 2.89. The average Bonchev–Trinajstić information content (AvgIpc) is 2.08. The molecule has 0 aliphatic rings. The average molecular weight is 250 g/mol. The highest BCUT2D eigenvalue weighted by Gasteiger charge is 2.10. The van der Waals surface area contributed by atoms with E-state index in [9.17, 15) is 0 Å². The Hall–Kier alpha value is -0.910. The quantitative estimate of drug-likeness (QED) is 0.571. The normalized spacial score (nSPS) is 10.8. The minimum atomic E-state index is -0.0161. The highest BCUT2D eigenvalue weighted by molar-refractivity contribution is 6.35. The van der Waals surface area contributed by atoms with Gasteiger partial charge in [-0.1, -0.05) is 23.2 Å². The van der Waals surface area contributed by atoms with E-state index in [1.54, 1.807) is 0 Å². The Labute approximate surface area is 93.2 Å². The molecular weight excluding hydrogens is 248 g/mol. The van der Waals surface area contributed by atoms with Gasteiger partial charge in [-0.2, -0.15) is 4.98 Å². The Morgan fingerprint density at radius 2 is 1.57 bits per heavy atom. The molecule has 2 heterocycles. The third-order valence-corrected chi connectivity index (χ3v) is 2.15. The molecule has 2 aromatic rings. The molecule has 72 valence electrons. The SMILES string of the molecule is Nc1nc2c(Cl)nc(Cl)nc2nc1Cl. The van der Waals surface area contributed by atoms with Gasteiger partial charge in [0.25, 0.3) is 0 Å². The number of halogens is 3. The summed E-state index contributed by atoms with van der Waals surface area (Å²) < 4.78 is 0. The highest BCUT2D eigenvalue weighted by Crippen LogP contribution is 2.22. The summed E-state index contributed by atoms with van der Waals surface area (Å²) in [6.45, 7) is 0. The van der Waals surface area contributed by atoms with E-state index in [1.807, 2.05) is 0 Å². The van der Waals surface area contributed by atoms with E-state index in [-0.39, 0.29) is 32.6 Å². The molecule has 0 spiro atoms. The van der Waals surface area contributed by atoms with E-state index in [0.29, 0.717) is 0 Å². The first-order valence-electron chi connectivity index (χ1n) is 3.39. The third-order valence-electron chi connectivity index (χ3n) is 1.44. The van der Waals surface area contributed by atoms with Crippen LogP contribution in [0.25, 0.3) is 11.2 Å². The van der Waals surface area contributed by atoms with Crippen molar-refractivity contribution in [3.8, 4) is 0 Å². The van der Waals surface area contributed by atoms with Gasteiger partial charge in [-0.3, -0.25) is 0 Å². The minimum Gasteiger partial charge on any atom is -0.381 e. The van der Waals surface area contributed by atoms with Crippen LogP contribution in [0.5, 0.6) is 0 Å². The minimum absolute atomic E-state index is 0.0161. The fourth-order valence-electron chi connectivity index (χ4n) is 0.882. The molecule has 0 aliphatic heterocycles. The predicted octanol–water partition coefficient (Wildman–Crippen LogP) is 1.96. The summed E-state index contributed by atoms with van der Waals surface area (Å²) in [5.41, 5.74) is 5.93. The lowest BCUT2D eigenvalue weighted by atomic mass is 10.5. The molecule has 2 aromatic heterocycles. The predicted molar refractivity (Wildman–Crippen MR) is 54.6 cm³/mol. The van der Waals surface area contributed by atoms with Crippen molar-refractivity contribution >= 4 is 51.8 Å². The topological polar surface area (TPSA) is 77.6 Å². The molecule has 0 amide bonds. The second kappa shape index (κ2) is 3.34. The molecule has 0 saturated heterocycles. The number of hydrogen-bond acceptors (Lipinski definition) is 5. The van der Waals surface area contributed by atoms with E-state index in [4.69, 9.17) is 40.5 Å². The Kier molecular flexibility index (Phi) is 2.30. The van der Waals surface area contributed by atoms with Crippen molar-refractivity contribution in [1.82, 2.24) is 19.9 Å².